The molecule has 2 N–H and O–H groups in total. The van der Waals surface area contributed by atoms with Gasteiger partial charge in [0.25, 0.3) is 0 Å². The minimum Gasteiger partial charge on any atom is -0.464 e. The third-order valence-corrected chi connectivity index (χ3v) is 3.16. The van der Waals surface area contributed by atoms with E-state index in [0.29, 0.717) is 12.3 Å². The third-order valence-electron chi connectivity index (χ3n) is 3.16. The minimum atomic E-state index is -0.235. The van der Waals surface area contributed by atoms with E-state index in [0.717, 1.165) is 31.5 Å². The summed E-state index contributed by atoms with van der Waals surface area (Å²) in [5.41, 5.74) is 7.55. The van der Waals surface area contributed by atoms with Gasteiger partial charge in [-0.2, -0.15) is 0 Å². The number of carbonyl (C=O) groups excluding carboxylic acids is 1. The first kappa shape index (κ1) is 16.3. The highest BCUT2D eigenvalue weighted by Crippen LogP contribution is 2.23. The van der Waals surface area contributed by atoms with Crippen LogP contribution in [0.25, 0.3) is 0 Å². The molecule has 20 heavy (non-hydrogen) atoms. The van der Waals surface area contributed by atoms with Gasteiger partial charge in [-0.3, -0.25) is 0 Å². The Balaban J connectivity index is 3.03. The number of rotatable bonds is 8. The molecule has 0 radical (unpaired) electrons. The summed E-state index contributed by atoms with van der Waals surface area (Å²) in [6, 6.07) is 7.45. The maximum Gasteiger partial charge on any atom is 0.328 e. The third kappa shape index (κ3) is 4.44. The molecule has 0 saturated heterocycles. The van der Waals surface area contributed by atoms with Crippen LogP contribution in [-0.4, -0.2) is 25.2 Å². The zero-order valence-corrected chi connectivity index (χ0v) is 12.8. The number of carbonyl (C=O) groups is 1. The van der Waals surface area contributed by atoms with Crippen LogP contribution in [0, 0.1) is 0 Å². The van der Waals surface area contributed by atoms with Gasteiger partial charge in [0.15, 0.2) is 0 Å². The number of anilines is 2. The van der Waals surface area contributed by atoms with Gasteiger partial charge < -0.3 is 15.4 Å². The maximum atomic E-state index is 12.2. The van der Waals surface area contributed by atoms with Crippen molar-refractivity contribution in [3.8, 4) is 0 Å². The normalized spacial score (nSPS) is 11.9. The highest BCUT2D eigenvalue weighted by atomic mass is 16.5. The van der Waals surface area contributed by atoms with Crippen molar-refractivity contribution in [2.24, 2.45) is 0 Å². The number of hydrogen-bond donors (Lipinski definition) is 1. The Hall–Kier alpha value is -1.71. The molecule has 1 rings (SSSR count). The molecule has 0 fully saturated rings. The Morgan fingerprint density at radius 2 is 2.05 bits per heavy atom. The summed E-state index contributed by atoms with van der Waals surface area (Å²) in [6.45, 7) is 7.25. The van der Waals surface area contributed by atoms with Crippen molar-refractivity contribution in [1.82, 2.24) is 0 Å². The SMILES string of the molecule is CCCC(C(=O)OCC)N(CCC)c1cccc(N)c1. The Kier molecular flexibility index (Phi) is 6.91. The molecule has 1 unspecified atom stereocenters. The highest BCUT2D eigenvalue weighted by molar-refractivity contribution is 5.80. The Morgan fingerprint density at radius 3 is 2.60 bits per heavy atom. The molecule has 4 nitrogen and oxygen atoms in total. The van der Waals surface area contributed by atoms with Crippen LogP contribution in [0.2, 0.25) is 0 Å². The van der Waals surface area contributed by atoms with Crippen molar-refractivity contribution < 1.29 is 9.53 Å². The molecule has 0 heterocycles. The predicted molar refractivity (Wildman–Crippen MR) is 83.8 cm³/mol. The fraction of sp³-hybridized carbons (Fsp3) is 0.562. The molecule has 1 atom stereocenters. The van der Waals surface area contributed by atoms with E-state index in [-0.39, 0.29) is 12.0 Å². The van der Waals surface area contributed by atoms with Crippen LogP contribution in [0.1, 0.15) is 40.0 Å². The molecule has 0 aliphatic heterocycles. The average molecular weight is 278 g/mol. The van der Waals surface area contributed by atoms with E-state index in [2.05, 4.69) is 18.7 Å². The topological polar surface area (TPSA) is 55.6 Å². The van der Waals surface area contributed by atoms with Crippen LogP contribution in [0.3, 0.4) is 0 Å². The van der Waals surface area contributed by atoms with Crippen molar-refractivity contribution in [1.29, 1.82) is 0 Å². The summed E-state index contributed by atoms with van der Waals surface area (Å²) < 4.78 is 5.22. The van der Waals surface area contributed by atoms with Gasteiger partial charge in [0.2, 0.25) is 0 Å². The molecule has 0 bridgehead atoms. The number of ether oxygens (including phenoxy) is 1. The summed E-state index contributed by atoms with van der Waals surface area (Å²) in [6.07, 6.45) is 2.69. The standard InChI is InChI=1S/C16H26N2O2/c1-4-8-15(16(19)20-6-3)18(11-5-2)14-10-7-9-13(17)12-14/h7,9-10,12,15H,4-6,8,11,17H2,1-3H3. The predicted octanol–water partition coefficient (Wildman–Crippen LogP) is 3.22. The number of nitrogens with two attached hydrogens (primary N) is 1. The van der Waals surface area contributed by atoms with E-state index in [1.165, 1.54) is 0 Å². The van der Waals surface area contributed by atoms with E-state index in [1.807, 2.05) is 31.2 Å². The van der Waals surface area contributed by atoms with E-state index in [4.69, 9.17) is 10.5 Å². The van der Waals surface area contributed by atoms with Gasteiger partial charge in [0, 0.05) is 17.9 Å². The number of benzene rings is 1. The van der Waals surface area contributed by atoms with E-state index >= 15 is 0 Å². The number of nitrogen functional groups attached to an aromatic ring is 1. The van der Waals surface area contributed by atoms with Gasteiger partial charge >= 0.3 is 5.97 Å². The lowest BCUT2D eigenvalue weighted by Gasteiger charge is -2.32. The first-order chi connectivity index (χ1) is 9.63. The number of esters is 1. The van der Waals surface area contributed by atoms with Crippen LogP contribution >= 0.6 is 0 Å². The Bertz CT molecular complexity index is 421. The molecule has 0 spiro atoms. The van der Waals surface area contributed by atoms with Crippen LogP contribution in [0.15, 0.2) is 24.3 Å². The summed E-state index contributed by atoms with van der Waals surface area (Å²) in [5.74, 6) is -0.148. The molecule has 0 aliphatic rings. The highest BCUT2D eigenvalue weighted by Gasteiger charge is 2.26. The Labute approximate surface area is 121 Å². The largest absolute Gasteiger partial charge is 0.464 e. The summed E-state index contributed by atoms with van der Waals surface area (Å²) in [4.78, 5) is 14.3. The molecule has 0 aliphatic carbocycles. The van der Waals surface area contributed by atoms with Crippen molar-refractivity contribution in [3.05, 3.63) is 24.3 Å². The van der Waals surface area contributed by atoms with E-state index in [1.54, 1.807) is 0 Å². The minimum absolute atomic E-state index is 0.148. The van der Waals surface area contributed by atoms with Crippen molar-refractivity contribution in [2.75, 3.05) is 23.8 Å². The zero-order chi connectivity index (χ0) is 15.0. The number of hydrogen-bond acceptors (Lipinski definition) is 4. The lowest BCUT2D eigenvalue weighted by atomic mass is 10.1. The second-order valence-electron chi connectivity index (χ2n) is 4.84. The van der Waals surface area contributed by atoms with Crippen molar-refractivity contribution in [2.45, 2.75) is 46.1 Å². The van der Waals surface area contributed by atoms with Crippen molar-refractivity contribution >= 4 is 17.3 Å². The summed E-state index contributed by atoms with van der Waals surface area (Å²) in [7, 11) is 0. The lowest BCUT2D eigenvalue weighted by Crippen LogP contribution is -2.43. The smallest absolute Gasteiger partial charge is 0.328 e. The Morgan fingerprint density at radius 1 is 1.30 bits per heavy atom. The van der Waals surface area contributed by atoms with E-state index < -0.39 is 0 Å². The molecular formula is C16H26N2O2. The second kappa shape index (κ2) is 8.46. The first-order valence-electron chi connectivity index (χ1n) is 7.42. The van der Waals surface area contributed by atoms with Gasteiger partial charge in [-0.25, -0.2) is 4.79 Å². The van der Waals surface area contributed by atoms with Crippen LogP contribution in [0.4, 0.5) is 11.4 Å². The quantitative estimate of drug-likeness (QED) is 0.586. The zero-order valence-electron chi connectivity index (χ0n) is 12.8. The molecular weight excluding hydrogens is 252 g/mol. The van der Waals surface area contributed by atoms with Gasteiger partial charge in [0.1, 0.15) is 6.04 Å². The molecule has 0 saturated carbocycles. The molecule has 1 aromatic rings. The van der Waals surface area contributed by atoms with Crippen LogP contribution in [-0.2, 0) is 9.53 Å². The fourth-order valence-electron chi connectivity index (χ4n) is 2.32. The molecule has 0 amide bonds. The van der Waals surface area contributed by atoms with Gasteiger partial charge in [-0.1, -0.05) is 26.3 Å². The number of nitrogens with zero attached hydrogens (tertiary/aromatic N) is 1. The fourth-order valence-corrected chi connectivity index (χ4v) is 2.32. The lowest BCUT2D eigenvalue weighted by molar-refractivity contribution is -0.145. The molecule has 0 aromatic heterocycles. The van der Waals surface area contributed by atoms with Crippen LogP contribution < -0.4 is 10.6 Å². The van der Waals surface area contributed by atoms with Gasteiger partial charge in [-0.05, 0) is 38.0 Å². The molecule has 4 heteroatoms. The second-order valence-corrected chi connectivity index (χ2v) is 4.84. The van der Waals surface area contributed by atoms with Crippen LogP contribution in [0.5, 0.6) is 0 Å². The van der Waals surface area contributed by atoms with Gasteiger partial charge in [-0.15, -0.1) is 0 Å². The first-order valence-corrected chi connectivity index (χ1v) is 7.42. The average Bonchev–Trinajstić information content (AvgIpc) is 2.43. The molecule has 1 aromatic carbocycles. The molecule has 112 valence electrons. The van der Waals surface area contributed by atoms with Crippen molar-refractivity contribution in [3.63, 3.8) is 0 Å². The monoisotopic (exact) mass is 278 g/mol. The summed E-state index contributed by atoms with van der Waals surface area (Å²) in [5, 5.41) is 0. The van der Waals surface area contributed by atoms with E-state index in [9.17, 15) is 4.79 Å². The van der Waals surface area contributed by atoms with Gasteiger partial charge in [0.05, 0.1) is 6.61 Å². The maximum absolute atomic E-state index is 12.2. The summed E-state index contributed by atoms with van der Waals surface area (Å²) >= 11 is 0.